The highest BCUT2D eigenvalue weighted by atomic mass is 16.5. The van der Waals surface area contributed by atoms with Crippen molar-refractivity contribution in [2.75, 3.05) is 37.9 Å². The van der Waals surface area contributed by atoms with Gasteiger partial charge in [0.25, 0.3) is 0 Å². The van der Waals surface area contributed by atoms with E-state index >= 15 is 0 Å². The second-order valence-electron chi connectivity index (χ2n) is 9.39. The average Bonchev–Trinajstić information content (AvgIpc) is 2.89. The van der Waals surface area contributed by atoms with Crippen molar-refractivity contribution in [3.8, 4) is 22.9 Å². The van der Waals surface area contributed by atoms with Crippen LogP contribution in [0.5, 0.6) is 11.5 Å². The Balaban J connectivity index is 1.78. The molecule has 4 rings (SSSR count). The van der Waals surface area contributed by atoms with Crippen molar-refractivity contribution >= 4 is 28.3 Å². The molecule has 0 radical (unpaired) electrons. The Labute approximate surface area is 212 Å². The molecule has 1 aliphatic rings. The first-order valence-electron chi connectivity index (χ1n) is 12.3. The van der Waals surface area contributed by atoms with Gasteiger partial charge in [0.15, 0.2) is 17.3 Å². The molecule has 0 unspecified atom stereocenters. The number of carbonyl (C=O) groups is 1. The van der Waals surface area contributed by atoms with E-state index in [2.05, 4.69) is 36.0 Å². The van der Waals surface area contributed by atoms with E-state index < -0.39 is 0 Å². The third kappa shape index (κ3) is 5.44. The summed E-state index contributed by atoms with van der Waals surface area (Å²) in [5, 5.41) is 7.40. The summed E-state index contributed by atoms with van der Waals surface area (Å²) in [5.74, 6) is 2.30. The van der Waals surface area contributed by atoms with E-state index in [0.717, 1.165) is 53.8 Å². The molecule has 1 fully saturated rings. The SMILES string of the molecule is C=CC(=O)Nc1ccc(C)c(-c2nc(NC3CCN(C(C)C)CC3)c3cc(OC)c(OC)cc3n2)c1. The number of anilines is 2. The average molecular weight is 490 g/mol. The van der Waals surface area contributed by atoms with Crippen molar-refractivity contribution in [2.24, 2.45) is 0 Å². The molecule has 8 nitrogen and oxygen atoms in total. The number of carbonyl (C=O) groups excluding carboxylic acids is 1. The van der Waals surface area contributed by atoms with Gasteiger partial charge in [0, 0.05) is 47.9 Å². The van der Waals surface area contributed by atoms with Crippen LogP contribution in [0.15, 0.2) is 43.0 Å². The van der Waals surface area contributed by atoms with E-state index in [0.29, 0.717) is 35.1 Å². The van der Waals surface area contributed by atoms with Crippen LogP contribution in [0.25, 0.3) is 22.3 Å². The largest absolute Gasteiger partial charge is 0.493 e. The third-order valence-corrected chi connectivity index (χ3v) is 6.73. The van der Waals surface area contributed by atoms with Crippen LogP contribution in [0.1, 0.15) is 32.3 Å². The predicted octanol–water partition coefficient (Wildman–Crippen LogP) is 5.03. The molecule has 3 aromatic rings. The number of hydrogen-bond acceptors (Lipinski definition) is 7. The fourth-order valence-electron chi connectivity index (χ4n) is 4.57. The predicted molar refractivity (Wildman–Crippen MR) is 145 cm³/mol. The lowest BCUT2D eigenvalue weighted by molar-refractivity contribution is -0.111. The van der Waals surface area contributed by atoms with Gasteiger partial charge in [-0.15, -0.1) is 0 Å². The first-order chi connectivity index (χ1) is 17.3. The van der Waals surface area contributed by atoms with E-state index in [1.54, 1.807) is 14.2 Å². The lowest BCUT2D eigenvalue weighted by atomic mass is 10.0. The van der Waals surface area contributed by atoms with Crippen molar-refractivity contribution in [2.45, 2.75) is 45.7 Å². The molecule has 1 aromatic heterocycles. The van der Waals surface area contributed by atoms with Crippen molar-refractivity contribution < 1.29 is 14.3 Å². The fourth-order valence-corrected chi connectivity index (χ4v) is 4.57. The number of rotatable bonds is 8. The van der Waals surface area contributed by atoms with Crippen LogP contribution in [-0.4, -0.2) is 60.2 Å². The standard InChI is InChI=1S/C28H35N5O3/c1-7-26(34)29-20-9-8-18(4)21(14-20)27-31-23-16-25(36-6)24(35-5)15-22(23)28(32-27)30-19-10-12-33(13-11-19)17(2)3/h7-9,14-17,19H,1,10-13H2,2-6H3,(H,29,34)(H,30,31,32). The zero-order valence-corrected chi connectivity index (χ0v) is 21.7. The maximum atomic E-state index is 11.9. The van der Waals surface area contributed by atoms with Crippen molar-refractivity contribution in [3.63, 3.8) is 0 Å². The minimum Gasteiger partial charge on any atom is -0.493 e. The molecule has 8 heteroatoms. The van der Waals surface area contributed by atoms with Crippen LogP contribution in [0.2, 0.25) is 0 Å². The molecule has 2 heterocycles. The minimum absolute atomic E-state index is 0.267. The summed E-state index contributed by atoms with van der Waals surface area (Å²) in [6.45, 7) is 12.1. The van der Waals surface area contributed by atoms with Gasteiger partial charge in [-0.05, 0) is 63.5 Å². The Hall–Kier alpha value is -3.65. The van der Waals surface area contributed by atoms with Crippen molar-refractivity contribution in [1.82, 2.24) is 14.9 Å². The monoisotopic (exact) mass is 489 g/mol. The summed E-state index contributed by atoms with van der Waals surface area (Å²) in [7, 11) is 3.24. The fraction of sp³-hybridized carbons (Fsp3) is 0.393. The first-order valence-corrected chi connectivity index (χ1v) is 12.3. The number of nitrogens with one attached hydrogen (secondary N) is 2. The normalized spacial score (nSPS) is 14.6. The van der Waals surface area contributed by atoms with Crippen LogP contribution >= 0.6 is 0 Å². The van der Waals surface area contributed by atoms with Gasteiger partial charge in [-0.1, -0.05) is 12.6 Å². The summed E-state index contributed by atoms with van der Waals surface area (Å²) in [6, 6.07) is 10.4. The van der Waals surface area contributed by atoms with Gasteiger partial charge in [0.05, 0.1) is 19.7 Å². The highest BCUT2D eigenvalue weighted by Crippen LogP contribution is 2.36. The summed E-state index contributed by atoms with van der Waals surface area (Å²) < 4.78 is 11.1. The number of amides is 1. The van der Waals surface area contributed by atoms with E-state index in [4.69, 9.17) is 19.4 Å². The number of hydrogen-bond donors (Lipinski definition) is 2. The second kappa shape index (κ2) is 11.0. The quantitative estimate of drug-likeness (QED) is 0.429. The summed E-state index contributed by atoms with van der Waals surface area (Å²) in [6.07, 6.45) is 3.32. The van der Waals surface area contributed by atoms with Crippen molar-refractivity contribution in [3.05, 3.63) is 48.6 Å². The zero-order valence-electron chi connectivity index (χ0n) is 21.7. The topological polar surface area (TPSA) is 88.6 Å². The van der Waals surface area contributed by atoms with Crippen LogP contribution in [0, 0.1) is 6.92 Å². The Kier molecular flexibility index (Phi) is 7.74. The summed E-state index contributed by atoms with van der Waals surface area (Å²) in [5.41, 5.74) is 3.25. The minimum atomic E-state index is -0.267. The van der Waals surface area contributed by atoms with E-state index in [1.807, 2.05) is 37.3 Å². The Morgan fingerprint density at radius 3 is 2.44 bits per heavy atom. The molecule has 0 spiro atoms. The van der Waals surface area contributed by atoms with Gasteiger partial charge >= 0.3 is 0 Å². The number of fused-ring (bicyclic) bond motifs is 1. The van der Waals surface area contributed by atoms with Gasteiger partial charge in [-0.2, -0.15) is 0 Å². The van der Waals surface area contributed by atoms with Gasteiger partial charge < -0.3 is 25.0 Å². The molecule has 1 aliphatic heterocycles. The molecule has 0 bridgehead atoms. The summed E-state index contributed by atoms with van der Waals surface area (Å²) >= 11 is 0. The number of methoxy groups -OCH3 is 2. The molecular weight excluding hydrogens is 454 g/mol. The molecule has 2 N–H and O–H groups in total. The molecular formula is C28H35N5O3. The van der Waals surface area contributed by atoms with Crippen LogP contribution in [0.4, 0.5) is 11.5 Å². The van der Waals surface area contributed by atoms with Gasteiger partial charge in [0.1, 0.15) is 5.82 Å². The Bertz CT molecular complexity index is 1270. The number of likely N-dealkylation sites (tertiary alicyclic amines) is 1. The number of benzene rings is 2. The van der Waals surface area contributed by atoms with Gasteiger partial charge in [-0.25, -0.2) is 9.97 Å². The van der Waals surface area contributed by atoms with E-state index in [1.165, 1.54) is 6.08 Å². The van der Waals surface area contributed by atoms with Crippen molar-refractivity contribution in [1.29, 1.82) is 0 Å². The molecule has 0 aliphatic carbocycles. The molecule has 0 saturated carbocycles. The smallest absolute Gasteiger partial charge is 0.247 e. The number of aromatic nitrogens is 2. The van der Waals surface area contributed by atoms with Gasteiger partial charge in [0.2, 0.25) is 5.91 Å². The van der Waals surface area contributed by atoms with E-state index in [-0.39, 0.29) is 5.91 Å². The van der Waals surface area contributed by atoms with Crippen LogP contribution in [-0.2, 0) is 4.79 Å². The molecule has 1 saturated heterocycles. The first kappa shape index (κ1) is 25.4. The summed E-state index contributed by atoms with van der Waals surface area (Å²) in [4.78, 5) is 24.2. The molecule has 190 valence electrons. The highest BCUT2D eigenvalue weighted by molar-refractivity contribution is 5.99. The number of ether oxygens (including phenoxy) is 2. The number of piperidine rings is 1. The second-order valence-corrected chi connectivity index (χ2v) is 9.39. The Morgan fingerprint density at radius 1 is 1.11 bits per heavy atom. The lowest BCUT2D eigenvalue weighted by Gasteiger charge is -2.35. The number of nitrogens with zero attached hydrogens (tertiary/aromatic N) is 3. The maximum absolute atomic E-state index is 11.9. The van der Waals surface area contributed by atoms with E-state index in [9.17, 15) is 4.79 Å². The lowest BCUT2D eigenvalue weighted by Crippen LogP contribution is -2.42. The third-order valence-electron chi connectivity index (χ3n) is 6.73. The van der Waals surface area contributed by atoms with Crippen LogP contribution in [0.3, 0.4) is 0 Å². The maximum Gasteiger partial charge on any atom is 0.247 e. The molecule has 36 heavy (non-hydrogen) atoms. The molecule has 2 aromatic carbocycles. The molecule has 0 atom stereocenters. The van der Waals surface area contributed by atoms with Gasteiger partial charge in [-0.3, -0.25) is 4.79 Å². The number of aryl methyl sites for hydroxylation is 1. The van der Waals surface area contributed by atoms with Crippen LogP contribution < -0.4 is 20.1 Å². The molecule has 1 amide bonds. The highest BCUT2D eigenvalue weighted by Gasteiger charge is 2.23. The zero-order chi connectivity index (χ0) is 25.8. The Morgan fingerprint density at radius 2 is 1.81 bits per heavy atom.